The van der Waals surface area contributed by atoms with E-state index >= 15 is 0 Å². The van der Waals surface area contributed by atoms with Gasteiger partial charge in [-0.1, -0.05) is 29.3 Å². The van der Waals surface area contributed by atoms with Gasteiger partial charge < -0.3 is 4.74 Å². The lowest BCUT2D eigenvalue weighted by molar-refractivity contribution is 0.0993. The fourth-order valence-corrected chi connectivity index (χ4v) is 2.45. The van der Waals surface area contributed by atoms with Gasteiger partial charge in [-0.3, -0.25) is 4.79 Å². The minimum Gasteiger partial charge on any atom is -0.491 e. The fourth-order valence-electron chi connectivity index (χ4n) is 2.45. The molecule has 0 unspecified atom stereocenters. The van der Waals surface area contributed by atoms with Crippen molar-refractivity contribution in [1.82, 2.24) is 0 Å². The Kier molecular flexibility index (Phi) is 4.79. The maximum absolute atomic E-state index is 12.3. The number of Topliss-reactive ketones (excluding diaryl/α,β-unsaturated/α-hetero) is 1. The number of carbonyl (C=O) groups excluding carboxylic acids is 1. The van der Waals surface area contributed by atoms with Crippen molar-refractivity contribution in [2.24, 2.45) is 0 Å². The van der Waals surface area contributed by atoms with Gasteiger partial charge >= 0.3 is 0 Å². The monoisotopic (exact) mass is 282 g/mol. The second-order valence-electron chi connectivity index (χ2n) is 5.79. The van der Waals surface area contributed by atoms with Gasteiger partial charge in [-0.15, -0.1) is 0 Å². The number of hydrogen-bond donors (Lipinski definition) is 0. The Bertz CT molecular complexity index is 604. The summed E-state index contributed by atoms with van der Waals surface area (Å²) in [7, 11) is 0. The highest BCUT2D eigenvalue weighted by Gasteiger charge is 2.08. The number of hydrogen-bond acceptors (Lipinski definition) is 2. The van der Waals surface area contributed by atoms with Gasteiger partial charge in [0, 0.05) is 12.0 Å². The van der Waals surface area contributed by atoms with E-state index in [0.29, 0.717) is 6.42 Å². The summed E-state index contributed by atoms with van der Waals surface area (Å²) in [6, 6.07) is 13.6. The first-order valence-electron chi connectivity index (χ1n) is 7.31. The Hall–Kier alpha value is -2.09. The molecule has 0 amide bonds. The van der Waals surface area contributed by atoms with E-state index in [-0.39, 0.29) is 11.9 Å². The largest absolute Gasteiger partial charge is 0.491 e. The Morgan fingerprint density at radius 2 is 1.57 bits per heavy atom. The highest BCUT2D eigenvalue weighted by atomic mass is 16.5. The van der Waals surface area contributed by atoms with Crippen LogP contribution in [0.2, 0.25) is 0 Å². The third kappa shape index (κ3) is 4.45. The topological polar surface area (TPSA) is 26.3 Å². The highest BCUT2D eigenvalue weighted by Crippen LogP contribution is 2.16. The van der Waals surface area contributed by atoms with Crippen LogP contribution in [0.3, 0.4) is 0 Å². The second-order valence-corrected chi connectivity index (χ2v) is 5.79. The Labute approximate surface area is 126 Å². The molecule has 0 aliphatic heterocycles. The molecule has 0 aromatic heterocycles. The molecule has 0 spiro atoms. The van der Waals surface area contributed by atoms with E-state index in [0.717, 1.165) is 16.9 Å². The Balaban J connectivity index is 2.09. The first-order valence-corrected chi connectivity index (χ1v) is 7.31. The van der Waals surface area contributed by atoms with Crippen LogP contribution in [0.4, 0.5) is 0 Å². The molecule has 0 aliphatic carbocycles. The normalized spacial score (nSPS) is 10.7. The van der Waals surface area contributed by atoms with Crippen LogP contribution in [0, 0.1) is 13.8 Å². The maximum atomic E-state index is 12.3. The Morgan fingerprint density at radius 1 is 1.00 bits per heavy atom. The van der Waals surface area contributed by atoms with Gasteiger partial charge in [-0.05, 0) is 57.5 Å². The fraction of sp³-hybridized carbons (Fsp3) is 0.316. The van der Waals surface area contributed by atoms with Gasteiger partial charge in [-0.2, -0.15) is 0 Å². The van der Waals surface area contributed by atoms with Gasteiger partial charge in [0.05, 0.1) is 6.10 Å². The molecule has 0 N–H and O–H groups in total. The van der Waals surface area contributed by atoms with E-state index in [4.69, 9.17) is 4.74 Å². The second kappa shape index (κ2) is 6.57. The van der Waals surface area contributed by atoms with Crippen LogP contribution in [0.25, 0.3) is 0 Å². The molecule has 0 saturated carbocycles. The zero-order valence-corrected chi connectivity index (χ0v) is 13.1. The molecule has 2 aromatic carbocycles. The maximum Gasteiger partial charge on any atom is 0.167 e. The van der Waals surface area contributed by atoms with Crippen molar-refractivity contribution in [3.05, 3.63) is 64.7 Å². The van der Waals surface area contributed by atoms with Gasteiger partial charge in [-0.25, -0.2) is 0 Å². The van der Waals surface area contributed by atoms with Gasteiger partial charge in [0.2, 0.25) is 0 Å². The summed E-state index contributed by atoms with van der Waals surface area (Å²) >= 11 is 0. The summed E-state index contributed by atoms with van der Waals surface area (Å²) in [6.07, 6.45) is 0.578. The molecule has 0 saturated heterocycles. The SMILES string of the molecule is Cc1cc(C)cc(CC(=O)c2ccc(OC(C)C)cc2)c1. The zero-order valence-electron chi connectivity index (χ0n) is 13.1. The molecule has 2 heteroatoms. The molecule has 110 valence electrons. The number of ketones is 1. The molecular weight excluding hydrogens is 260 g/mol. The molecule has 0 aliphatic rings. The number of ether oxygens (including phenoxy) is 1. The predicted molar refractivity (Wildman–Crippen MR) is 86.2 cm³/mol. The molecular formula is C19H22O2. The lowest BCUT2D eigenvalue weighted by atomic mass is 10.00. The molecule has 2 nitrogen and oxygen atoms in total. The highest BCUT2D eigenvalue weighted by molar-refractivity contribution is 5.97. The number of carbonyl (C=O) groups is 1. The van der Waals surface area contributed by atoms with Crippen LogP contribution in [-0.4, -0.2) is 11.9 Å². The summed E-state index contributed by atoms with van der Waals surface area (Å²) in [4.78, 5) is 12.3. The van der Waals surface area contributed by atoms with Crippen molar-refractivity contribution in [3.8, 4) is 5.75 Å². The van der Waals surface area contributed by atoms with Crippen molar-refractivity contribution in [3.63, 3.8) is 0 Å². The van der Waals surface area contributed by atoms with Crippen molar-refractivity contribution >= 4 is 5.78 Å². The molecule has 0 radical (unpaired) electrons. The lowest BCUT2D eigenvalue weighted by Gasteiger charge is -2.10. The molecule has 0 heterocycles. The van der Waals surface area contributed by atoms with Crippen LogP contribution in [0.15, 0.2) is 42.5 Å². The Morgan fingerprint density at radius 3 is 2.10 bits per heavy atom. The summed E-state index contributed by atoms with van der Waals surface area (Å²) in [5.74, 6) is 0.934. The molecule has 2 aromatic rings. The van der Waals surface area contributed by atoms with Crippen LogP contribution in [-0.2, 0) is 6.42 Å². The quantitative estimate of drug-likeness (QED) is 0.754. The minimum absolute atomic E-state index is 0.135. The van der Waals surface area contributed by atoms with E-state index in [1.54, 1.807) is 0 Å². The van der Waals surface area contributed by atoms with Crippen molar-refractivity contribution in [2.45, 2.75) is 40.2 Å². The van der Waals surface area contributed by atoms with E-state index in [2.05, 4.69) is 32.0 Å². The minimum atomic E-state index is 0.135. The van der Waals surface area contributed by atoms with Gasteiger partial charge in [0.15, 0.2) is 5.78 Å². The predicted octanol–water partition coefficient (Wildman–Crippen LogP) is 4.52. The average Bonchev–Trinajstić information content (AvgIpc) is 2.37. The van der Waals surface area contributed by atoms with E-state index in [9.17, 15) is 4.79 Å². The standard InChI is InChI=1S/C19H22O2/c1-13(2)21-18-7-5-17(6-8-18)19(20)12-16-10-14(3)9-15(4)11-16/h5-11,13H,12H2,1-4H3. The van der Waals surface area contributed by atoms with E-state index in [1.165, 1.54) is 11.1 Å². The third-order valence-electron chi connectivity index (χ3n) is 3.19. The first-order chi connectivity index (χ1) is 9.94. The van der Waals surface area contributed by atoms with Crippen molar-refractivity contribution in [2.75, 3.05) is 0 Å². The molecule has 0 atom stereocenters. The molecule has 0 bridgehead atoms. The van der Waals surface area contributed by atoms with Crippen LogP contribution < -0.4 is 4.74 Å². The summed E-state index contributed by atoms with van der Waals surface area (Å²) in [5.41, 5.74) is 4.18. The lowest BCUT2D eigenvalue weighted by Crippen LogP contribution is -2.07. The first kappa shape index (κ1) is 15.3. The van der Waals surface area contributed by atoms with E-state index in [1.807, 2.05) is 38.1 Å². The van der Waals surface area contributed by atoms with E-state index < -0.39 is 0 Å². The van der Waals surface area contributed by atoms with Gasteiger partial charge in [0.25, 0.3) is 0 Å². The number of aryl methyl sites for hydroxylation is 2. The number of rotatable bonds is 5. The number of benzene rings is 2. The summed E-state index contributed by atoms with van der Waals surface area (Å²) in [5, 5.41) is 0. The summed E-state index contributed by atoms with van der Waals surface area (Å²) in [6.45, 7) is 8.08. The van der Waals surface area contributed by atoms with Gasteiger partial charge in [0.1, 0.15) is 5.75 Å². The third-order valence-corrected chi connectivity index (χ3v) is 3.19. The smallest absolute Gasteiger partial charge is 0.167 e. The van der Waals surface area contributed by atoms with Crippen molar-refractivity contribution in [1.29, 1.82) is 0 Å². The van der Waals surface area contributed by atoms with Crippen LogP contribution in [0.1, 0.15) is 40.9 Å². The molecule has 0 fully saturated rings. The van der Waals surface area contributed by atoms with Crippen LogP contribution in [0.5, 0.6) is 5.75 Å². The van der Waals surface area contributed by atoms with Crippen LogP contribution >= 0.6 is 0 Å². The summed E-state index contributed by atoms with van der Waals surface area (Å²) < 4.78 is 5.59. The average molecular weight is 282 g/mol. The van der Waals surface area contributed by atoms with Crippen molar-refractivity contribution < 1.29 is 9.53 Å². The molecule has 21 heavy (non-hydrogen) atoms. The zero-order chi connectivity index (χ0) is 15.4. The molecule has 2 rings (SSSR count).